The van der Waals surface area contributed by atoms with Gasteiger partial charge in [-0.2, -0.15) is 0 Å². The Morgan fingerprint density at radius 3 is 2.81 bits per heavy atom. The number of nitrogens with one attached hydrogen (secondary N) is 1. The van der Waals surface area contributed by atoms with E-state index in [1.807, 2.05) is 6.92 Å². The van der Waals surface area contributed by atoms with Gasteiger partial charge in [0.25, 0.3) is 5.91 Å². The summed E-state index contributed by atoms with van der Waals surface area (Å²) in [6.07, 6.45) is -0.700. The van der Waals surface area contributed by atoms with E-state index in [1.165, 1.54) is 0 Å². The first kappa shape index (κ1) is 17.3. The predicted molar refractivity (Wildman–Crippen MR) is 78.5 cm³/mol. The number of aliphatic hydroxyl groups is 1. The molecule has 0 heterocycles. The quantitative estimate of drug-likeness (QED) is 0.668. The lowest BCUT2D eigenvalue weighted by Gasteiger charge is -2.19. The zero-order valence-corrected chi connectivity index (χ0v) is 12.7. The molecule has 0 saturated heterocycles. The minimum Gasteiger partial charge on any atom is -0.490 e. The molecule has 1 aromatic rings. The largest absolute Gasteiger partial charge is 0.490 e. The van der Waals surface area contributed by atoms with Gasteiger partial charge >= 0.3 is 0 Å². The van der Waals surface area contributed by atoms with E-state index < -0.39 is 6.10 Å². The number of hydrogen-bond acceptors (Lipinski definition) is 5. The molecule has 118 valence electrons. The van der Waals surface area contributed by atoms with E-state index in [0.29, 0.717) is 36.8 Å². The average Bonchev–Trinajstić information content (AvgIpc) is 2.49. The molecule has 1 aromatic carbocycles. The van der Waals surface area contributed by atoms with Crippen LogP contribution < -0.4 is 14.8 Å². The Morgan fingerprint density at radius 2 is 2.19 bits per heavy atom. The number of rotatable bonds is 9. The highest BCUT2D eigenvalue weighted by Gasteiger charge is 2.19. The van der Waals surface area contributed by atoms with Gasteiger partial charge in [0.05, 0.1) is 19.8 Å². The van der Waals surface area contributed by atoms with Crippen molar-refractivity contribution in [3.8, 4) is 11.5 Å². The molecule has 2 N–H and O–H groups in total. The Hall–Kier alpha value is -1.79. The van der Waals surface area contributed by atoms with E-state index in [-0.39, 0.29) is 12.5 Å². The molecule has 0 radical (unpaired) electrons. The lowest BCUT2D eigenvalue weighted by molar-refractivity contribution is -0.127. The Kier molecular flexibility index (Phi) is 7.56. The highest BCUT2D eigenvalue weighted by molar-refractivity contribution is 5.80. The summed E-state index contributed by atoms with van der Waals surface area (Å²) in [6, 6.07) is 5.24. The first-order valence-corrected chi connectivity index (χ1v) is 6.92. The number of hydrogen-bond donors (Lipinski definition) is 2. The Bertz CT molecular complexity index is 450. The van der Waals surface area contributed by atoms with Crippen molar-refractivity contribution in [3.05, 3.63) is 23.8 Å². The van der Waals surface area contributed by atoms with Gasteiger partial charge in [-0.05, 0) is 19.9 Å². The Morgan fingerprint density at radius 1 is 1.43 bits per heavy atom. The fraction of sp³-hybridized carbons (Fsp3) is 0.533. The van der Waals surface area contributed by atoms with Crippen molar-refractivity contribution < 1.29 is 24.1 Å². The van der Waals surface area contributed by atoms with Crippen LogP contribution >= 0.6 is 0 Å². The number of benzene rings is 1. The van der Waals surface area contributed by atoms with Crippen molar-refractivity contribution in [2.24, 2.45) is 0 Å². The maximum Gasteiger partial charge on any atom is 0.260 e. The minimum absolute atomic E-state index is 0.186. The molecule has 0 aliphatic rings. The number of carbonyl (C=O) groups excluding carboxylic acids is 1. The van der Waals surface area contributed by atoms with Crippen LogP contribution in [-0.2, 0) is 16.1 Å². The summed E-state index contributed by atoms with van der Waals surface area (Å²) in [5, 5.41) is 12.1. The van der Waals surface area contributed by atoms with Crippen molar-refractivity contribution in [1.82, 2.24) is 5.32 Å². The number of para-hydroxylation sites is 1. The molecule has 0 aliphatic heterocycles. The molecule has 6 nitrogen and oxygen atoms in total. The smallest absolute Gasteiger partial charge is 0.260 e. The van der Waals surface area contributed by atoms with Crippen molar-refractivity contribution in [2.45, 2.75) is 26.6 Å². The standard InChI is InChI=1S/C15H23NO5/c1-4-20-13-7-5-6-12(10-17)14(13)21-11(2)15(18)16-8-9-19-3/h5-7,11,17H,4,8-10H2,1-3H3,(H,16,18). The molecular weight excluding hydrogens is 274 g/mol. The van der Waals surface area contributed by atoms with Crippen molar-refractivity contribution in [3.63, 3.8) is 0 Å². The zero-order valence-electron chi connectivity index (χ0n) is 12.7. The molecule has 0 aromatic heterocycles. The summed E-state index contributed by atoms with van der Waals surface area (Å²) >= 11 is 0. The van der Waals surface area contributed by atoms with Crippen LogP contribution in [0.1, 0.15) is 19.4 Å². The van der Waals surface area contributed by atoms with Gasteiger partial charge in [0.2, 0.25) is 0 Å². The van der Waals surface area contributed by atoms with Gasteiger partial charge in [-0.3, -0.25) is 4.79 Å². The van der Waals surface area contributed by atoms with Crippen molar-refractivity contribution >= 4 is 5.91 Å². The number of amides is 1. The average molecular weight is 297 g/mol. The molecule has 1 rings (SSSR count). The van der Waals surface area contributed by atoms with Gasteiger partial charge in [0.1, 0.15) is 0 Å². The van der Waals surface area contributed by atoms with Crippen LogP contribution in [0.4, 0.5) is 0 Å². The number of aliphatic hydroxyl groups excluding tert-OH is 1. The van der Waals surface area contributed by atoms with Crippen LogP contribution in [0.25, 0.3) is 0 Å². The molecule has 0 bridgehead atoms. The first-order valence-electron chi connectivity index (χ1n) is 6.92. The number of methoxy groups -OCH3 is 1. The highest BCUT2D eigenvalue weighted by Crippen LogP contribution is 2.32. The summed E-state index contributed by atoms with van der Waals surface area (Å²) < 4.78 is 16.0. The summed E-state index contributed by atoms with van der Waals surface area (Å²) in [5.74, 6) is 0.666. The lowest BCUT2D eigenvalue weighted by Crippen LogP contribution is -2.38. The highest BCUT2D eigenvalue weighted by atomic mass is 16.5. The van der Waals surface area contributed by atoms with E-state index in [2.05, 4.69) is 5.32 Å². The van der Waals surface area contributed by atoms with Crippen LogP contribution in [-0.4, -0.2) is 44.0 Å². The first-order chi connectivity index (χ1) is 10.1. The van der Waals surface area contributed by atoms with Crippen LogP contribution in [0, 0.1) is 0 Å². The topological polar surface area (TPSA) is 77.0 Å². The second-order valence-corrected chi connectivity index (χ2v) is 4.38. The molecule has 0 saturated carbocycles. The third-order valence-corrected chi connectivity index (χ3v) is 2.80. The minimum atomic E-state index is -0.700. The normalized spacial score (nSPS) is 11.8. The van der Waals surface area contributed by atoms with Gasteiger partial charge in [-0.25, -0.2) is 0 Å². The Labute approximate surface area is 125 Å². The number of ether oxygens (including phenoxy) is 3. The monoisotopic (exact) mass is 297 g/mol. The van der Waals surface area contributed by atoms with Gasteiger partial charge in [0, 0.05) is 19.2 Å². The summed E-state index contributed by atoms with van der Waals surface area (Å²) in [6.45, 7) is 4.65. The summed E-state index contributed by atoms with van der Waals surface area (Å²) in [4.78, 5) is 11.9. The second kappa shape index (κ2) is 9.20. The maximum atomic E-state index is 11.9. The van der Waals surface area contributed by atoms with E-state index in [1.54, 1.807) is 32.2 Å². The third kappa shape index (κ3) is 5.24. The van der Waals surface area contributed by atoms with E-state index >= 15 is 0 Å². The molecule has 0 spiro atoms. The molecule has 1 unspecified atom stereocenters. The van der Waals surface area contributed by atoms with E-state index in [4.69, 9.17) is 14.2 Å². The predicted octanol–water partition coefficient (Wildman–Crippen LogP) is 1.11. The van der Waals surface area contributed by atoms with E-state index in [9.17, 15) is 9.90 Å². The van der Waals surface area contributed by atoms with Gasteiger partial charge < -0.3 is 24.6 Å². The summed E-state index contributed by atoms with van der Waals surface area (Å²) in [5.41, 5.74) is 0.581. The number of carbonyl (C=O) groups is 1. The SMILES string of the molecule is CCOc1cccc(CO)c1OC(C)C(=O)NCCOC. The fourth-order valence-electron chi connectivity index (χ4n) is 1.74. The van der Waals surface area contributed by atoms with E-state index in [0.717, 1.165) is 0 Å². The molecule has 0 fully saturated rings. The fourth-order valence-corrected chi connectivity index (χ4v) is 1.74. The molecule has 1 amide bonds. The summed E-state index contributed by atoms with van der Waals surface area (Å²) in [7, 11) is 1.57. The molecular formula is C15H23NO5. The van der Waals surface area contributed by atoms with Crippen LogP contribution in [0.3, 0.4) is 0 Å². The molecule has 0 aliphatic carbocycles. The van der Waals surface area contributed by atoms with Crippen LogP contribution in [0.5, 0.6) is 11.5 Å². The second-order valence-electron chi connectivity index (χ2n) is 4.38. The maximum absolute atomic E-state index is 11.9. The zero-order chi connectivity index (χ0) is 15.7. The van der Waals surface area contributed by atoms with Crippen molar-refractivity contribution in [2.75, 3.05) is 26.9 Å². The van der Waals surface area contributed by atoms with Crippen molar-refractivity contribution in [1.29, 1.82) is 0 Å². The molecule has 6 heteroatoms. The lowest BCUT2D eigenvalue weighted by atomic mass is 10.2. The third-order valence-electron chi connectivity index (χ3n) is 2.80. The molecule has 1 atom stereocenters. The van der Waals surface area contributed by atoms with Gasteiger partial charge in [0.15, 0.2) is 17.6 Å². The van der Waals surface area contributed by atoms with Gasteiger partial charge in [-0.1, -0.05) is 12.1 Å². The Balaban J connectivity index is 2.77. The van der Waals surface area contributed by atoms with Gasteiger partial charge in [-0.15, -0.1) is 0 Å². The molecule has 21 heavy (non-hydrogen) atoms. The van der Waals surface area contributed by atoms with Crippen LogP contribution in [0.15, 0.2) is 18.2 Å². The van der Waals surface area contributed by atoms with Crippen LogP contribution in [0.2, 0.25) is 0 Å².